The van der Waals surface area contributed by atoms with Gasteiger partial charge in [0.25, 0.3) is 27.0 Å². The first-order valence-corrected chi connectivity index (χ1v) is 12.2. The molecule has 3 N–H and O–H groups in total. The summed E-state index contributed by atoms with van der Waals surface area (Å²) in [5, 5.41) is 6.82. The zero-order valence-corrected chi connectivity index (χ0v) is 20.0. The summed E-state index contributed by atoms with van der Waals surface area (Å²) in [7, 11) is -4.31. The third kappa shape index (κ3) is 4.66. The quantitative estimate of drug-likeness (QED) is 0.315. The van der Waals surface area contributed by atoms with Crippen LogP contribution in [0.1, 0.15) is 10.4 Å². The Labute approximate surface area is 208 Å². The molecule has 0 saturated carbocycles. The number of benzene rings is 3. The summed E-state index contributed by atoms with van der Waals surface area (Å²) in [5.74, 6) is -1.28. The highest BCUT2D eigenvalue weighted by Crippen LogP contribution is 2.30. The van der Waals surface area contributed by atoms with Crippen LogP contribution in [0.4, 0.5) is 15.8 Å². The topological polar surface area (TPSA) is 132 Å². The number of amides is 1. The molecule has 1 amide bonds. The predicted octanol–water partition coefficient (Wildman–Crippen LogP) is 3.64. The number of hydrogen-bond acceptors (Lipinski definition) is 5. The maximum atomic E-state index is 13.5. The smallest absolute Gasteiger partial charge is 0.272 e. The molecule has 0 atom stereocenters. The van der Waals surface area contributed by atoms with Crippen LogP contribution in [0.2, 0.25) is 5.02 Å². The number of aromatic nitrogens is 2. The first kappa shape index (κ1) is 24.9. The number of aromatic amines is 2. The largest absolute Gasteiger partial charge is 0.321 e. The Kier molecular flexibility index (Phi) is 6.77. The molecule has 0 fully saturated rings. The highest BCUT2D eigenvalue weighted by atomic mass is 35.5. The molecule has 4 rings (SSSR count). The maximum Gasteiger partial charge on any atom is 0.272 e. The average molecular weight is 529 g/mol. The van der Waals surface area contributed by atoms with Crippen molar-refractivity contribution in [2.45, 2.75) is 4.90 Å². The normalized spacial score (nSPS) is 11.3. The molecule has 9 nitrogen and oxygen atoms in total. The molecule has 0 aliphatic carbocycles. The van der Waals surface area contributed by atoms with Crippen LogP contribution in [0.3, 0.4) is 0 Å². The van der Waals surface area contributed by atoms with Gasteiger partial charge in [-0.05, 0) is 54.6 Å². The highest BCUT2D eigenvalue weighted by Gasteiger charge is 2.28. The fourth-order valence-electron chi connectivity index (χ4n) is 3.56. The molecule has 3 aromatic carbocycles. The summed E-state index contributed by atoms with van der Waals surface area (Å²) >= 11 is 6.21. The summed E-state index contributed by atoms with van der Waals surface area (Å²) < 4.78 is 41.4. The molecular weight excluding hydrogens is 511 g/mol. The number of sulfonamides is 1. The second kappa shape index (κ2) is 9.80. The fraction of sp³-hybridized carbons (Fsp3) is 0.0417. The van der Waals surface area contributed by atoms with Crippen LogP contribution in [0, 0.1) is 5.82 Å². The minimum Gasteiger partial charge on any atom is -0.321 e. The van der Waals surface area contributed by atoms with Crippen molar-refractivity contribution in [3.8, 4) is 0 Å². The van der Waals surface area contributed by atoms with Gasteiger partial charge in [0.15, 0.2) is 0 Å². The third-order valence-electron chi connectivity index (χ3n) is 5.24. The molecule has 1 heterocycles. The number of anilines is 2. The lowest BCUT2D eigenvalue weighted by atomic mass is 10.1. The van der Waals surface area contributed by atoms with Gasteiger partial charge >= 0.3 is 0 Å². The summed E-state index contributed by atoms with van der Waals surface area (Å²) in [6.45, 7) is 3.43. The van der Waals surface area contributed by atoms with E-state index in [1.165, 1.54) is 48.5 Å². The van der Waals surface area contributed by atoms with Gasteiger partial charge in [-0.1, -0.05) is 23.7 Å². The van der Waals surface area contributed by atoms with Gasteiger partial charge in [0.1, 0.15) is 10.7 Å². The number of fused-ring (bicyclic) bond motifs is 1. The van der Waals surface area contributed by atoms with E-state index in [2.05, 4.69) is 22.1 Å². The van der Waals surface area contributed by atoms with Crippen LogP contribution in [0.5, 0.6) is 0 Å². The van der Waals surface area contributed by atoms with E-state index in [0.717, 1.165) is 22.5 Å². The number of rotatable bonds is 7. The molecule has 0 spiro atoms. The number of carbonyl (C=O) groups is 1. The minimum absolute atomic E-state index is 0.0372. The lowest BCUT2D eigenvalue weighted by Crippen LogP contribution is -2.31. The number of halogens is 2. The van der Waals surface area contributed by atoms with E-state index in [0.29, 0.717) is 0 Å². The Morgan fingerprint density at radius 1 is 1.06 bits per heavy atom. The Balaban J connectivity index is 1.75. The summed E-state index contributed by atoms with van der Waals surface area (Å²) in [4.78, 5) is 37.0. The molecule has 1 aromatic heterocycles. The Morgan fingerprint density at radius 3 is 2.44 bits per heavy atom. The molecule has 0 aliphatic heterocycles. The molecule has 0 radical (unpaired) electrons. The zero-order chi connectivity index (χ0) is 26.0. The fourth-order valence-corrected chi connectivity index (χ4v) is 5.49. The first-order valence-electron chi connectivity index (χ1n) is 10.4. The highest BCUT2D eigenvalue weighted by molar-refractivity contribution is 7.93. The summed E-state index contributed by atoms with van der Waals surface area (Å²) in [5.41, 5.74) is -1.02. The second-order valence-electron chi connectivity index (χ2n) is 7.54. The van der Waals surface area contributed by atoms with Crippen LogP contribution >= 0.6 is 11.6 Å². The van der Waals surface area contributed by atoms with Gasteiger partial charge in [-0.15, -0.1) is 6.58 Å². The van der Waals surface area contributed by atoms with Gasteiger partial charge in [-0.25, -0.2) is 12.8 Å². The van der Waals surface area contributed by atoms with E-state index in [-0.39, 0.29) is 44.2 Å². The molecule has 0 unspecified atom stereocenters. The number of hydrogen-bond donors (Lipinski definition) is 3. The van der Waals surface area contributed by atoms with Crippen molar-refractivity contribution in [3.63, 3.8) is 0 Å². The maximum absolute atomic E-state index is 13.5. The van der Waals surface area contributed by atoms with Gasteiger partial charge < -0.3 is 5.32 Å². The van der Waals surface area contributed by atoms with Crippen molar-refractivity contribution in [2.75, 3.05) is 16.2 Å². The van der Waals surface area contributed by atoms with E-state index in [1.54, 1.807) is 0 Å². The lowest BCUT2D eigenvalue weighted by molar-refractivity contribution is 0.102. The van der Waals surface area contributed by atoms with Gasteiger partial charge in [0.05, 0.1) is 33.7 Å². The van der Waals surface area contributed by atoms with Crippen molar-refractivity contribution in [1.29, 1.82) is 0 Å². The molecule has 4 aromatic rings. The second-order valence-corrected chi connectivity index (χ2v) is 9.77. The Hall–Kier alpha value is -4.22. The van der Waals surface area contributed by atoms with Gasteiger partial charge in [-0.3, -0.25) is 28.9 Å². The van der Waals surface area contributed by atoms with E-state index in [1.807, 2.05) is 0 Å². The monoisotopic (exact) mass is 528 g/mol. The number of nitrogens with one attached hydrogen (secondary N) is 3. The Morgan fingerprint density at radius 2 is 1.75 bits per heavy atom. The van der Waals surface area contributed by atoms with Crippen molar-refractivity contribution >= 4 is 49.7 Å². The first-order chi connectivity index (χ1) is 17.1. The van der Waals surface area contributed by atoms with Gasteiger partial charge in [0.2, 0.25) is 0 Å². The van der Waals surface area contributed by atoms with Crippen LogP contribution in [0.25, 0.3) is 10.8 Å². The predicted molar refractivity (Wildman–Crippen MR) is 136 cm³/mol. The van der Waals surface area contributed by atoms with E-state index < -0.39 is 32.9 Å². The van der Waals surface area contributed by atoms with Crippen LogP contribution in [-0.2, 0) is 10.0 Å². The SMILES string of the molecule is C=CCN(c1ccc(F)cc1)S(=O)(=O)c1cc(C(=O)Nc2cccc3c(=O)[nH][nH]c(=O)c23)ccc1Cl. The number of H-pyrrole nitrogens is 2. The molecule has 184 valence electrons. The third-order valence-corrected chi connectivity index (χ3v) is 7.52. The van der Waals surface area contributed by atoms with Crippen molar-refractivity contribution < 1.29 is 17.6 Å². The standard InChI is InChI=1S/C24H18ClFN4O5S/c1-2-12-30(16-9-7-15(26)8-10-16)36(34,35)20-13-14(6-11-18(20)25)22(31)27-19-5-3-4-17-21(19)24(33)29-28-23(17)32/h2-11,13H,1,12H2,(H,27,31)(H,28,32)(H,29,33). The van der Waals surface area contributed by atoms with Crippen molar-refractivity contribution in [3.05, 3.63) is 110 Å². The molecule has 36 heavy (non-hydrogen) atoms. The average Bonchev–Trinajstić information content (AvgIpc) is 2.85. The summed E-state index contributed by atoms with van der Waals surface area (Å²) in [6, 6.07) is 12.8. The molecule has 0 aliphatic rings. The van der Waals surface area contributed by atoms with E-state index >= 15 is 0 Å². The van der Waals surface area contributed by atoms with Gasteiger partial charge in [-0.2, -0.15) is 0 Å². The molecule has 0 bridgehead atoms. The van der Waals surface area contributed by atoms with E-state index in [4.69, 9.17) is 11.6 Å². The van der Waals surface area contributed by atoms with Crippen LogP contribution in [0.15, 0.2) is 87.8 Å². The summed E-state index contributed by atoms with van der Waals surface area (Å²) in [6.07, 6.45) is 1.35. The molecule has 12 heteroatoms. The Bertz CT molecular complexity index is 1720. The van der Waals surface area contributed by atoms with Gasteiger partial charge in [0, 0.05) is 5.56 Å². The van der Waals surface area contributed by atoms with Crippen LogP contribution < -0.4 is 20.7 Å². The minimum atomic E-state index is -4.31. The van der Waals surface area contributed by atoms with E-state index in [9.17, 15) is 27.2 Å². The van der Waals surface area contributed by atoms with Crippen molar-refractivity contribution in [1.82, 2.24) is 10.2 Å². The van der Waals surface area contributed by atoms with Crippen LogP contribution in [-0.4, -0.2) is 31.1 Å². The number of nitrogens with zero attached hydrogens (tertiary/aromatic N) is 1. The molecular formula is C24H18ClFN4O5S. The number of carbonyl (C=O) groups excluding carboxylic acids is 1. The molecule has 0 saturated heterocycles. The lowest BCUT2D eigenvalue weighted by Gasteiger charge is -2.24. The zero-order valence-electron chi connectivity index (χ0n) is 18.4. The van der Waals surface area contributed by atoms with Crippen molar-refractivity contribution in [2.24, 2.45) is 0 Å².